The molecule has 0 saturated heterocycles. The summed E-state index contributed by atoms with van der Waals surface area (Å²) in [6, 6.07) is 15.2. The first-order valence-electron chi connectivity index (χ1n) is 8.28. The molecule has 0 bridgehead atoms. The Kier molecular flexibility index (Phi) is 5.58. The van der Waals surface area contributed by atoms with Gasteiger partial charge in [-0.25, -0.2) is 0 Å². The van der Waals surface area contributed by atoms with E-state index in [1.165, 1.54) is 16.9 Å². The van der Waals surface area contributed by atoms with Gasteiger partial charge in [0.2, 0.25) is 0 Å². The third kappa shape index (κ3) is 4.43. The number of carbonyl (C=O) groups is 1. The van der Waals surface area contributed by atoms with E-state index < -0.39 is 0 Å². The Morgan fingerprint density at radius 1 is 1.04 bits per heavy atom. The van der Waals surface area contributed by atoms with Crippen LogP contribution in [-0.4, -0.2) is 13.0 Å². The molecular formula is C21H21NO3S. The molecule has 5 heteroatoms. The van der Waals surface area contributed by atoms with Crippen LogP contribution in [0.4, 0.5) is 5.69 Å². The van der Waals surface area contributed by atoms with Gasteiger partial charge in [0.1, 0.15) is 18.1 Å². The Morgan fingerprint density at radius 2 is 1.85 bits per heavy atom. The van der Waals surface area contributed by atoms with Crippen molar-refractivity contribution in [3.05, 3.63) is 75.5 Å². The zero-order valence-electron chi connectivity index (χ0n) is 15.0. The minimum Gasteiger partial charge on any atom is -0.497 e. The van der Waals surface area contributed by atoms with Gasteiger partial charge in [0, 0.05) is 17.3 Å². The van der Waals surface area contributed by atoms with Crippen LogP contribution in [0.15, 0.2) is 53.9 Å². The van der Waals surface area contributed by atoms with Crippen molar-refractivity contribution in [3.8, 4) is 11.5 Å². The highest BCUT2D eigenvalue weighted by Gasteiger charge is 2.10. The van der Waals surface area contributed by atoms with Crippen molar-refractivity contribution in [1.29, 1.82) is 0 Å². The van der Waals surface area contributed by atoms with Gasteiger partial charge in [0.15, 0.2) is 0 Å². The molecule has 0 radical (unpaired) electrons. The number of rotatable bonds is 6. The maximum Gasteiger partial charge on any atom is 0.265 e. The smallest absolute Gasteiger partial charge is 0.265 e. The average molecular weight is 367 g/mol. The second kappa shape index (κ2) is 8.06. The normalized spacial score (nSPS) is 10.4. The lowest BCUT2D eigenvalue weighted by molar-refractivity contribution is 0.103. The van der Waals surface area contributed by atoms with E-state index in [0.29, 0.717) is 11.5 Å². The molecule has 134 valence electrons. The molecule has 0 fully saturated rings. The van der Waals surface area contributed by atoms with Gasteiger partial charge in [0.05, 0.1) is 12.0 Å². The molecule has 0 aliphatic heterocycles. The van der Waals surface area contributed by atoms with E-state index in [1.807, 2.05) is 60.8 Å². The molecule has 3 aromatic rings. The number of benzene rings is 2. The first-order chi connectivity index (χ1) is 12.5. The van der Waals surface area contributed by atoms with Crippen LogP contribution in [0, 0.1) is 13.8 Å². The summed E-state index contributed by atoms with van der Waals surface area (Å²) in [5, 5.41) is 4.88. The fourth-order valence-electron chi connectivity index (χ4n) is 2.44. The van der Waals surface area contributed by atoms with Crippen molar-refractivity contribution >= 4 is 22.9 Å². The Balaban J connectivity index is 1.61. The van der Waals surface area contributed by atoms with Crippen LogP contribution in [0.5, 0.6) is 11.5 Å². The van der Waals surface area contributed by atoms with Gasteiger partial charge >= 0.3 is 0 Å². The number of methoxy groups -OCH3 is 1. The molecule has 0 unspecified atom stereocenters. The Bertz CT molecular complexity index is 917. The summed E-state index contributed by atoms with van der Waals surface area (Å²) in [7, 11) is 1.62. The third-order valence-electron chi connectivity index (χ3n) is 4.09. The van der Waals surface area contributed by atoms with E-state index in [4.69, 9.17) is 9.47 Å². The molecular weight excluding hydrogens is 346 g/mol. The molecule has 1 aromatic heterocycles. The van der Waals surface area contributed by atoms with E-state index in [9.17, 15) is 4.79 Å². The first kappa shape index (κ1) is 18.0. The molecule has 2 aromatic carbocycles. The average Bonchev–Trinajstić information content (AvgIpc) is 3.12. The molecule has 26 heavy (non-hydrogen) atoms. The Hall–Kier alpha value is -2.79. The molecule has 0 spiro atoms. The molecule has 1 N–H and O–H groups in total. The number of amides is 1. The molecule has 0 aliphatic rings. The summed E-state index contributed by atoms with van der Waals surface area (Å²) in [5.41, 5.74) is 4.13. The Labute approximate surface area is 157 Å². The summed E-state index contributed by atoms with van der Waals surface area (Å²) in [6.45, 7) is 4.49. The molecule has 4 nitrogen and oxygen atoms in total. The zero-order chi connectivity index (χ0) is 18.5. The van der Waals surface area contributed by atoms with Crippen LogP contribution in [0.25, 0.3) is 0 Å². The van der Waals surface area contributed by atoms with Gasteiger partial charge in [0.25, 0.3) is 5.91 Å². The summed E-state index contributed by atoms with van der Waals surface area (Å²) in [5.74, 6) is 1.38. The SMILES string of the molecule is COc1cccc(OCc2csc(C(=O)Nc3ccc(C)c(C)c3)c2)c1. The highest BCUT2D eigenvalue weighted by atomic mass is 32.1. The topological polar surface area (TPSA) is 47.6 Å². The predicted molar refractivity (Wildman–Crippen MR) is 106 cm³/mol. The second-order valence-corrected chi connectivity index (χ2v) is 6.95. The minimum atomic E-state index is -0.106. The lowest BCUT2D eigenvalue weighted by atomic mass is 10.1. The largest absolute Gasteiger partial charge is 0.497 e. The summed E-state index contributed by atoms with van der Waals surface area (Å²) in [4.78, 5) is 13.1. The number of ether oxygens (including phenoxy) is 2. The maximum atomic E-state index is 12.4. The van der Waals surface area contributed by atoms with Gasteiger partial charge in [-0.3, -0.25) is 4.79 Å². The second-order valence-electron chi connectivity index (χ2n) is 6.04. The van der Waals surface area contributed by atoms with Crippen LogP contribution in [0.3, 0.4) is 0 Å². The number of carbonyl (C=O) groups excluding carboxylic acids is 1. The van der Waals surface area contributed by atoms with E-state index in [1.54, 1.807) is 7.11 Å². The van der Waals surface area contributed by atoms with Gasteiger partial charge in [-0.15, -0.1) is 11.3 Å². The van der Waals surface area contributed by atoms with Gasteiger partial charge in [-0.2, -0.15) is 0 Å². The van der Waals surface area contributed by atoms with Crippen molar-refractivity contribution in [2.24, 2.45) is 0 Å². The fourth-order valence-corrected chi connectivity index (χ4v) is 3.23. The van der Waals surface area contributed by atoms with Crippen molar-refractivity contribution in [2.75, 3.05) is 12.4 Å². The van der Waals surface area contributed by atoms with Crippen LogP contribution in [0.2, 0.25) is 0 Å². The number of hydrogen-bond donors (Lipinski definition) is 1. The van der Waals surface area contributed by atoms with Crippen LogP contribution >= 0.6 is 11.3 Å². The number of anilines is 1. The predicted octanol–water partition coefficient (Wildman–Crippen LogP) is 5.20. The number of aryl methyl sites for hydroxylation is 2. The van der Waals surface area contributed by atoms with Crippen LogP contribution in [-0.2, 0) is 6.61 Å². The first-order valence-corrected chi connectivity index (χ1v) is 9.16. The van der Waals surface area contributed by atoms with Gasteiger partial charge in [-0.05, 0) is 60.7 Å². The molecule has 0 saturated carbocycles. The van der Waals surface area contributed by atoms with Gasteiger partial charge < -0.3 is 14.8 Å². The van der Waals surface area contributed by atoms with E-state index >= 15 is 0 Å². The van der Waals surface area contributed by atoms with Crippen molar-refractivity contribution in [1.82, 2.24) is 0 Å². The molecule has 1 heterocycles. The van der Waals surface area contributed by atoms with Crippen LogP contribution < -0.4 is 14.8 Å². The lowest BCUT2D eigenvalue weighted by Crippen LogP contribution is -2.10. The summed E-state index contributed by atoms with van der Waals surface area (Å²) >= 11 is 1.41. The van der Waals surface area contributed by atoms with E-state index in [-0.39, 0.29) is 5.91 Å². The summed E-state index contributed by atoms with van der Waals surface area (Å²) < 4.78 is 11.0. The molecule has 0 aliphatic carbocycles. The number of nitrogens with one attached hydrogen (secondary N) is 1. The van der Waals surface area contributed by atoms with Crippen molar-refractivity contribution in [3.63, 3.8) is 0 Å². The standard InChI is InChI=1S/C21H21NO3S/c1-14-7-8-17(9-15(14)2)22-21(23)20-10-16(13-26-20)12-25-19-6-4-5-18(11-19)24-3/h4-11,13H,12H2,1-3H3,(H,22,23). The van der Waals surface area contributed by atoms with E-state index in [0.717, 1.165) is 28.3 Å². The van der Waals surface area contributed by atoms with Gasteiger partial charge in [-0.1, -0.05) is 12.1 Å². The lowest BCUT2D eigenvalue weighted by Gasteiger charge is -2.07. The maximum absolute atomic E-state index is 12.4. The highest BCUT2D eigenvalue weighted by molar-refractivity contribution is 7.12. The fraction of sp³-hybridized carbons (Fsp3) is 0.190. The monoisotopic (exact) mass is 367 g/mol. The van der Waals surface area contributed by atoms with E-state index in [2.05, 4.69) is 12.2 Å². The third-order valence-corrected chi connectivity index (χ3v) is 5.07. The molecule has 3 rings (SSSR count). The highest BCUT2D eigenvalue weighted by Crippen LogP contribution is 2.22. The van der Waals surface area contributed by atoms with Crippen molar-refractivity contribution in [2.45, 2.75) is 20.5 Å². The summed E-state index contributed by atoms with van der Waals surface area (Å²) in [6.07, 6.45) is 0. The van der Waals surface area contributed by atoms with Crippen LogP contribution in [0.1, 0.15) is 26.4 Å². The Morgan fingerprint density at radius 3 is 2.62 bits per heavy atom. The van der Waals surface area contributed by atoms with Crippen molar-refractivity contribution < 1.29 is 14.3 Å². The quantitative estimate of drug-likeness (QED) is 0.651. The molecule has 0 atom stereocenters. The number of hydrogen-bond acceptors (Lipinski definition) is 4. The minimum absolute atomic E-state index is 0.106. The zero-order valence-corrected chi connectivity index (χ0v) is 15.9. The molecule has 1 amide bonds. The number of thiophene rings is 1.